The van der Waals surface area contributed by atoms with Gasteiger partial charge in [0.1, 0.15) is 0 Å². The minimum atomic E-state index is 0.391. The lowest BCUT2D eigenvalue weighted by atomic mass is 9.92. The monoisotopic (exact) mass is 166 g/mol. The Morgan fingerprint density at radius 1 is 1.50 bits per heavy atom. The molecule has 1 rings (SSSR count). The summed E-state index contributed by atoms with van der Waals surface area (Å²) in [6.07, 6.45) is 7.23. The SMILES string of the molecule is CC(C)CCC1=CCCCC1=O. The van der Waals surface area contributed by atoms with Crippen LogP contribution in [0.15, 0.2) is 11.6 Å². The first kappa shape index (κ1) is 9.50. The van der Waals surface area contributed by atoms with E-state index in [-0.39, 0.29) is 0 Å². The number of rotatable bonds is 3. The van der Waals surface area contributed by atoms with Gasteiger partial charge >= 0.3 is 0 Å². The fraction of sp³-hybridized carbons (Fsp3) is 0.727. The molecule has 0 aromatic rings. The molecule has 0 N–H and O–H groups in total. The minimum absolute atomic E-state index is 0.391. The van der Waals surface area contributed by atoms with Gasteiger partial charge in [-0.15, -0.1) is 0 Å². The maximum Gasteiger partial charge on any atom is 0.158 e. The maximum absolute atomic E-state index is 11.3. The topological polar surface area (TPSA) is 17.1 Å². The molecular weight excluding hydrogens is 148 g/mol. The van der Waals surface area contributed by atoms with E-state index in [1.807, 2.05) is 0 Å². The summed E-state index contributed by atoms with van der Waals surface area (Å²) in [5.41, 5.74) is 1.09. The van der Waals surface area contributed by atoms with Gasteiger partial charge in [-0.3, -0.25) is 4.79 Å². The van der Waals surface area contributed by atoms with E-state index in [4.69, 9.17) is 0 Å². The van der Waals surface area contributed by atoms with Crippen LogP contribution >= 0.6 is 0 Å². The molecule has 0 radical (unpaired) electrons. The molecule has 0 aliphatic heterocycles. The Kier molecular flexibility index (Phi) is 3.51. The Bertz CT molecular complexity index is 189. The number of allylic oxidation sites excluding steroid dienone is 2. The van der Waals surface area contributed by atoms with Crippen molar-refractivity contribution < 1.29 is 4.79 Å². The van der Waals surface area contributed by atoms with Crippen molar-refractivity contribution in [3.8, 4) is 0 Å². The molecular formula is C11H18O. The van der Waals surface area contributed by atoms with Crippen molar-refractivity contribution in [2.45, 2.75) is 46.0 Å². The molecule has 68 valence electrons. The predicted octanol–water partition coefficient (Wildman–Crippen LogP) is 3.10. The molecule has 0 aromatic carbocycles. The summed E-state index contributed by atoms with van der Waals surface area (Å²) in [7, 11) is 0. The number of hydrogen-bond acceptors (Lipinski definition) is 1. The Morgan fingerprint density at radius 2 is 2.25 bits per heavy atom. The van der Waals surface area contributed by atoms with Crippen LogP contribution in [0.2, 0.25) is 0 Å². The lowest BCUT2D eigenvalue weighted by Gasteiger charge is -2.12. The zero-order chi connectivity index (χ0) is 8.97. The first-order chi connectivity index (χ1) is 5.70. The summed E-state index contributed by atoms with van der Waals surface area (Å²) in [5.74, 6) is 1.10. The molecule has 0 atom stereocenters. The first-order valence-electron chi connectivity index (χ1n) is 4.92. The molecule has 0 saturated heterocycles. The Balaban J connectivity index is 2.39. The highest BCUT2D eigenvalue weighted by Crippen LogP contribution is 2.20. The molecule has 0 heterocycles. The lowest BCUT2D eigenvalue weighted by Crippen LogP contribution is -2.07. The summed E-state index contributed by atoms with van der Waals surface area (Å²) < 4.78 is 0. The van der Waals surface area contributed by atoms with Crippen LogP contribution in [0.5, 0.6) is 0 Å². The highest BCUT2D eigenvalue weighted by molar-refractivity contribution is 5.95. The van der Waals surface area contributed by atoms with Gasteiger partial charge in [-0.1, -0.05) is 19.9 Å². The molecule has 1 nitrogen and oxygen atoms in total. The number of ketones is 1. The molecule has 0 spiro atoms. The lowest BCUT2D eigenvalue weighted by molar-refractivity contribution is -0.116. The third-order valence-electron chi connectivity index (χ3n) is 2.35. The van der Waals surface area contributed by atoms with Crippen molar-refractivity contribution in [1.29, 1.82) is 0 Å². The molecule has 1 heteroatoms. The first-order valence-corrected chi connectivity index (χ1v) is 4.92. The summed E-state index contributed by atoms with van der Waals surface area (Å²) in [5, 5.41) is 0. The average molecular weight is 166 g/mol. The van der Waals surface area contributed by atoms with Gasteiger partial charge in [0.25, 0.3) is 0 Å². The Hall–Kier alpha value is -0.590. The van der Waals surface area contributed by atoms with Crippen molar-refractivity contribution in [2.24, 2.45) is 5.92 Å². The number of hydrogen-bond donors (Lipinski definition) is 0. The second kappa shape index (κ2) is 4.44. The van der Waals surface area contributed by atoms with Crippen LogP contribution in [-0.4, -0.2) is 5.78 Å². The van der Waals surface area contributed by atoms with Gasteiger partial charge in [-0.25, -0.2) is 0 Å². The van der Waals surface area contributed by atoms with E-state index >= 15 is 0 Å². The summed E-state index contributed by atoms with van der Waals surface area (Å²) in [6.45, 7) is 4.40. The Morgan fingerprint density at radius 3 is 2.83 bits per heavy atom. The molecule has 1 aliphatic rings. The fourth-order valence-electron chi connectivity index (χ4n) is 1.50. The fourth-order valence-corrected chi connectivity index (χ4v) is 1.50. The number of carbonyl (C=O) groups excluding carboxylic acids is 1. The molecule has 0 saturated carbocycles. The van der Waals surface area contributed by atoms with Gasteiger partial charge in [-0.2, -0.15) is 0 Å². The number of carbonyl (C=O) groups is 1. The van der Waals surface area contributed by atoms with Gasteiger partial charge in [0.15, 0.2) is 5.78 Å². The minimum Gasteiger partial charge on any atom is -0.295 e. The van der Waals surface area contributed by atoms with Crippen LogP contribution < -0.4 is 0 Å². The number of Topliss-reactive ketones (excluding diaryl/α,β-unsaturated/α-hetero) is 1. The van der Waals surface area contributed by atoms with Crippen LogP contribution in [0.1, 0.15) is 46.0 Å². The van der Waals surface area contributed by atoms with Crippen LogP contribution in [0.3, 0.4) is 0 Å². The van der Waals surface area contributed by atoms with Crippen molar-refractivity contribution in [3.63, 3.8) is 0 Å². The van der Waals surface area contributed by atoms with E-state index in [1.54, 1.807) is 0 Å². The molecule has 0 aromatic heterocycles. The van der Waals surface area contributed by atoms with E-state index in [2.05, 4.69) is 19.9 Å². The third kappa shape index (κ3) is 2.80. The molecule has 0 unspecified atom stereocenters. The van der Waals surface area contributed by atoms with E-state index in [9.17, 15) is 4.79 Å². The second-order valence-corrected chi connectivity index (χ2v) is 3.98. The average Bonchev–Trinajstić information content (AvgIpc) is 2.03. The highest BCUT2D eigenvalue weighted by atomic mass is 16.1. The van der Waals surface area contributed by atoms with E-state index in [0.717, 1.165) is 37.7 Å². The van der Waals surface area contributed by atoms with Crippen LogP contribution in [-0.2, 0) is 4.79 Å². The van der Waals surface area contributed by atoms with Crippen molar-refractivity contribution >= 4 is 5.78 Å². The van der Waals surface area contributed by atoms with Crippen LogP contribution in [0.4, 0.5) is 0 Å². The quantitative estimate of drug-likeness (QED) is 0.629. The molecule has 0 fully saturated rings. The molecule has 0 bridgehead atoms. The zero-order valence-corrected chi connectivity index (χ0v) is 8.10. The highest BCUT2D eigenvalue weighted by Gasteiger charge is 2.12. The normalized spacial score (nSPS) is 18.2. The van der Waals surface area contributed by atoms with Gasteiger partial charge in [0, 0.05) is 6.42 Å². The third-order valence-corrected chi connectivity index (χ3v) is 2.35. The van der Waals surface area contributed by atoms with Crippen LogP contribution in [0.25, 0.3) is 0 Å². The van der Waals surface area contributed by atoms with Gasteiger partial charge in [-0.05, 0) is 37.2 Å². The molecule has 0 amide bonds. The second-order valence-electron chi connectivity index (χ2n) is 3.98. The smallest absolute Gasteiger partial charge is 0.158 e. The largest absolute Gasteiger partial charge is 0.295 e. The van der Waals surface area contributed by atoms with Crippen molar-refractivity contribution in [2.75, 3.05) is 0 Å². The zero-order valence-electron chi connectivity index (χ0n) is 8.10. The maximum atomic E-state index is 11.3. The van der Waals surface area contributed by atoms with Gasteiger partial charge in [0.05, 0.1) is 0 Å². The molecule has 12 heavy (non-hydrogen) atoms. The summed E-state index contributed by atoms with van der Waals surface area (Å²) in [4.78, 5) is 11.3. The van der Waals surface area contributed by atoms with E-state index < -0.39 is 0 Å². The van der Waals surface area contributed by atoms with Gasteiger partial charge in [0.2, 0.25) is 0 Å². The van der Waals surface area contributed by atoms with Crippen LogP contribution in [0, 0.1) is 5.92 Å². The van der Waals surface area contributed by atoms with Gasteiger partial charge < -0.3 is 0 Å². The van der Waals surface area contributed by atoms with E-state index in [1.165, 1.54) is 0 Å². The molecule has 1 aliphatic carbocycles. The van der Waals surface area contributed by atoms with E-state index in [0.29, 0.717) is 11.7 Å². The Labute approximate surface area is 74.9 Å². The summed E-state index contributed by atoms with van der Waals surface area (Å²) in [6, 6.07) is 0. The van der Waals surface area contributed by atoms with Crippen molar-refractivity contribution in [1.82, 2.24) is 0 Å². The standard InChI is InChI=1S/C11H18O/c1-9(2)7-8-10-5-3-4-6-11(10)12/h5,9H,3-4,6-8H2,1-2H3. The predicted molar refractivity (Wildman–Crippen MR) is 51.0 cm³/mol. The van der Waals surface area contributed by atoms with Crippen molar-refractivity contribution in [3.05, 3.63) is 11.6 Å². The summed E-state index contributed by atoms with van der Waals surface area (Å²) >= 11 is 0.